The number of benzene rings is 4. The van der Waals surface area contributed by atoms with Gasteiger partial charge >= 0.3 is 0 Å². The molecule has 0 N–H and O–H groups in total. The first-order valence-electron chi connectivity index (χ1n) is 11.6. The smallest absolute Gasteiger partial charge is 0.151 e. The molecule has 6 rings (SSSR count). The van der Waals surface area contributed by atoms with Crippen LogP contribution < -0.4 is 0 Å². The molecule has 0 radical (unpaired) electrons. The zero-order valence-corrected chi connectivity index (χ0v) is 19.3. The Hall–Kier alpha value is -3.59. The molecule has 4 aromatic rings. The molecule has 2 aliphatic heterocycles. The summed E-state index contributed by atoms with van der Waals surface area (Å²) in [7, 11) is 0. The lowest BCUT2D eigenvalue weighted by Gasteiger charge is -2.35. The minimum absolute atomic E-state index is 0.00435. The third-order valence-electron chi connectivity index (χ3n) is 6.53. The normalized spacial score (nSPS) is 21.6. The summed E-state index contributed by atoms with van der Waals surface area (Å²) >= 11 is 6.41. The van der Waals surface area contributed by atoms with Crippen molar-refractivity contribution < 1.29 is 4.74 Å². The van der Waals surface area contributed by atoms with Crippen molar-refractivity contribution in [1.82, 2.24) is 4.90 Å². The molecular formula is C31H24ClNO. The predicted molar refractivity (Wildman–Crippen MR) is 139 cm³/mol. The molecule has 3 unspecified atom stereocenters. The molecule has 4 aromatic carbocycles. The van der Waals surface area contributed by atoms with E-state index < -0.39 is 0 Å². The van der Waals surface area contributed by atoms with E-state index in [4.69, 9.17) is 16.3 Å². The Kier molecular flexibility index (Phi) is 5.54. The maximum absolute atomic E-state index is 6.83. The standard InChI is InChI=1S/C31H24ClNO/c32-27-18-10-17-25(19-27)31-30(24-15-8-3-9-16-24)33-28(23-13-6-2-7-14-23)20-26(21-29(33)34-31)22-11-4-1-5-12-22/h1-21,29-31H. The highest BCUT2D eigenvalue weighted by Gasteiger charge is 2.45. The highest BCUT2D eigenvalue weighted by Crippen LogP contribution is 2.51. The van der Waals surface area contributed by atoms with Gasteiger partial charge < -0.3 is 9.64 Å². The molecule has 1 fully saturated rings. The molecule has 2 heterocycles. The molecule has 0 saturated carbocycles. The van der Waals surface area contributed by atoms with E-state index in [9.17, 15) is 0 Å². The Morgan fingerprint density at radius 3 is 1.94 bits per heavy atom. The van der Waals surface area contributed by atoms with Gasteiger partial charge in [-0.2, -0.15) is 0 Å². The first-order valence-corrected chi connectivity index (χ1v) is 11.9. The van der Waals surface area contributed by atoms with E-state index in [1.165, 1.54) is 22.3 Å². The SMILES string of the molecule is Clc1cccc(C2OC3C=C(c4ccccc4)C=C(c4ccccc4)N3C2c2ccccc2)c1. The summed E-state index contributed by atoms with van der Waals surface area (Å²) in [6.45, 7) is 0. The summed E-state index contributed by atoms with van der Waals surface area (Å²) in [5.74, 6) is 0. The molecule has 2 aliphatic rings. The Morgan fingerprint density at radius 1 is 0.647 bits per heavy atom. The number of hydrogen-bond acceptors (Lipinski definition) is 2. The van der Waals surface area contributed by atoms with Gasteiger partial charge in [0.2, 0.25) is 0 Å². The lowest BCUT2D eigenvalue weighted by Crippen LogP contribution is -2.32. The van der Waals surface area contributed by atoms with Gasteiger partial charge in [-0.15, -0.1) is 0 Å². The second kappa shape index (κ2) is 8.98. The molecule has 3 atom stereocenters. The Labute approximate surface area is 205 Å². The lowest BCUT2D eigenvalue weighted by atomic mass is 9.92. The monoisotopic (exact) mass is 461 g/mol. The highest BCUT2D eigenvalue weighted by atomic mass is 35.5. The summed E-state index contributed by atoms with van der Waals surface area (Å²) in [4.78, 5) is 2.42. The molecule has 2 nitrogen and oxygen atoms in total. The topological polar surface area (TPSA) is 12.5 Å². The minimum Gasteiger partial charge on any atom is -0.344 e. The minimum atomic E-state index is -0.204. The van der Waals surface area contributed by atoms with Crippen molar-refractivity contribution >= 4 is 22.9 Å². The van der Waals surface area contributed by atoms with Crippen LogP contribution in [0.25, 0.3) is 11.3 Å². The number of halogens is 1. The quantitative estimate of drug-likeness (QED) is 0.306. The van der Waals surface area contributed by atoms with Gasteiger partial charge in [-0.1, -0.05) is 115 Å². The molecule has 0 aliphatic carbocycles. The number of nitrogens with zero attached hydrogens (tertiary/aromatic N) is 1. The molecule has 1 saturated heterocycles. The average molecular weight is 462 g/mol. The molecule has 0 aromatic heterocycles. The summed E-state index contributed by atoms with van der Waals surface area (Å²) in [5.41, 5.74) is 6.97. The zero-order valence-electron chi connectivity index (χ0n) is 18.6. The second-order valence-electron chi connectivity index (χ2n) is 8.65. The zero-order chi connectivity index (χ0) is 22.9. The molecule has 0 spiro atoms. The van der Waals surface area contributed by atoms with Gasteiger partial charge in [0.25, 0.3) is 0 Å². The Bertz CT molecular complexity index is 1350. The number of hydrogen-bond donors (Lipinski definition) is 0. The lowest BCUT2D eigenvalue weighted by molar-refractivity contribution is 0.0469. The summed E-state index contributed by atoms with van der Waals surface area (Å²) in [5, 5.41) is 0.720. The van der Waals surface area contributed by atoms with Crippen LogP contribution in [0.5, 0.6) is 0 Å². The third-order valence-corrected chi connectivity index (χ3v) is 6.77. The van der Waals surface area contributed by atoms with E-state index >= 15 is 0 Å². The number of fused-ring (bicyclic) bond motifs is 1. The van der Waals surface area contributed by atoms with E-state index in [1.807, 2.05) is 24.3 Å². The van der Waals surface area contributed by atoms with Crippen molar-refractivity contribution in [2.45, 2.75) is 18.4 Å². The average Bonchev–Trinajstić information content (AvgIpc) is 3.29. The summed E-state index contributed by atoms with van der Waals surface area (Å²) in [6.07, 6.45) is 4.16. The van der Waals surface area contributed by atoms with Crippen LogP contribution in [0.4, 0.5) is 0 Å². The molecule has 166 valence electrons. The molecule has 3 heteroatoms. The van der Waals surface area contributed by atoms with Crippen LogP contribution in [0.15, 0.2) is 127 Å². The second-order valence-corrected chi connectivity index (χ2v) is 9.09. The predicted octanol–water partition coefficient (Wildman–Crippen LogP) is 7.92. The van der Waals surface area contributed by atoms with Crippen LogP contribution in [0, 0.1) is 0 Å². The van der Waals surface area contributed by atoms with E-state index in [2.05, 4.69) is 108 Å². The Morgan fingerprint density at radius 2 is 1.26 bits per heavy atom. The van der Waals surface area contributed by atoms with E-state index in [0.717, 1.165) is 16.3 Å². The van der Waals surface area contributed by atoms with E-state index in [-0.39, 0.29) is 18.4 Å². The van der Waals surface area contributed by atoms with Crippen molar-refractivity contribution in [3.8, 4) is 0 Å². The van der Waals surface area contributed by atoms with Crippen molar-refractivity contribution in [1.29, 1.82) is 0 Å². The first-order chi connectivity index (χ1) is 16.8. The number of ether oxygens (including phenoxy) is 1. The van der Waals surface area contributed by atoms with Gasteiger partial charge in [0, 0.05) is 10.7 Å². The Balaban J connectivity index is 1.53. The highest BCUT2D eigenvalue weighted by molar-refractivity contribution is 6.30. The van der Waals surface area contributed by atoms with Gasteiger partial charge in [-0.05, 0) is 52.1 Å². The molecule has 0 amide bonds. The van der Waals surface area contributed by atoms with Gasteiger partial charge in [-0.25, -0.2) is 0 Å². The summed E-state index contributed by atoms with van der Waals surface area (Å²) < 4.78 is 6.83. The van der Waals surface area contributed by atoms with Crippen molar-refractivity contribution in [2.75, 3.05) is 0 Å². The third kappa shape index (κ3) is 3.86. The van der Waals surface area contributed by atoms with E-state index in [0.29, 0.717) is 0 Å². The maximum atomic E-state index is 6.83. The number of allylic oxidation sites excluding steroid dienone is 2. The van der Waals surface area contributed by atoms with E-state index in [1.54, 1.807) is 0 Å². The number of rotatable bonds is 4. The van der Waals surface area contributed by atoms with Crippen LogP contribution >= 0.6 is 11.6 Å². The van der Waals surface area contributed by atoms with Crippen molar-refractivity contribution in [3.05, 3.63) is 155 Å². The fourth-order valence-corrected chi connectivity index (χ4v) is 5.20. The fraction of sp³-hybridized carbons (Fsp3) is 0.0968. The van der Waals surface area contributed by atoms with Crippen LogP contribution in [-0.4, -0.2) is 11.1 Å². The maximum Gasteiger partial charge on any atom is 0.151 e. The van der Waals surface area contributed by atoms with Crippen LogP contribution in [0.3, 0.4) is 0 Å². The van der Waals surface area contributed by atoms with Gasteiger partial charge in [0.1, 0.15) is 6.10 Å². The van der Waals surface area contributed by atoms with Crippen LogP contribution in [0.1, 0.15) is 34.4 Å². The largest absolute Gasteiger partial charge is 0.344 e. The summed E-state index contributed by atoms with van der Waals surface area (Å²) in [6, 6.07) is 39.8. The molecule has 34 heavy (non-hydrogen) atoms. The van der Waals surface area contributed by atoms with Gasteiger partial charge in [0.15, 0.2) is 6.23 Å². The van der Waals surface area contributed by atoms with Crippen molar-refractivity contribution in [2.24, 2.45) is 0 Å². The molecular weight excluding hydrogens is 438 g/mol. The van der Waals surface area contributed by atoms with Gasteiger partial charge in [0.05, 0.1) is 6.04 Å². The first kappa shape index (κ1) is 21.0. The molecule has 0 bridgehead atoms. The fourth-order valence-electron chi connectivity index (χ4n) is 5.01. The van der Waals surface area contributed by atoms with Crippen LogP contribution in [0.2, 0.25) is 5.02 Å². The van der Waals surface area contributed by atoms with Crippen molar-refractivity contribution in [3.63, 3.8) is 0 Å². The van der Waals surface area contributed by atoms with Gasteiger partial charge in [-0.3, -0.25) is 0 Å². The van der Waals surface area contributed by atoms with Crippen LogP contribution in [-0.2, 0) is 4.74 Å².